The predicted octanol–water partition coefficient (Wildman–Crippen LogP) is 6.19. The number of hydrogen-bond acceptors (Lipinski definition) is 1. The molecule has 0 aliphatic carbocycles. The number of hydrogen-bond donors (Lipinski definition) is 0. The summed E-state index contributed by atoms with van der Waals surface area (Å²) in [5.74, 6) is 0. The molecule has 2 unspecified atom stereocenters. The molecule has 2 atom stereocenters. The first-order chi connectivity index (χ1) is 9.86. The van der Waals surface area contributed by atoms with E-state index in [9.17, 15) is 0 Å². The molecule has 0 radical (unpaired) electrons. The average molecular weight is 278 g/mol. The van der Waals surface area contributed by atoms with Crippen LogP contribution in [0.2, 0.25) is 0 Å². The summed E-state index contributed by atoms with van der Waals surface area (Å²) in [6, 6.07) is 0. The van der Waals surface area contributed by atoms with Crippen molar-refractivity contribution in [3.63, 3.8) is 0 Å². The van der Waals surface area contributed by atoms with Crippen LogP contribution in [0.15, 0.2) is 17.9 Å². The summed E-state index contributed by atoms with van der Waals surface area (Å²) >= 11 is 0. The van der Waals surface area contributed by atoms with Crippen molar-refractivity contribution in [3.05, 3.63) is 17.9 Å². The molecular weight excluding hydrogens is 244 g/mol. The van der Waals surface area contributed by atoms with Crippen LogP contribution >= 0.6 is 0 Å². The number of unbranched alkanes of at least 4 members (excludes halogenated alkanes) is 7. The molecule has 20 heavy (non-hydrogen) atoms. The van der Waals surface area contributed by atoms with Gasteiger partial charge in [0.05, 0.1) is 12.2 Å². The number of rotatable bonds is 10. The van der Waals surface area contributed by atoms with E-state index in [4.69, 9.17) is 4.74 Å². The van der Waals surface area contributed by atoms with E-state index in [2.05, 4.69) is 31.7 Å². The largest absolute Gasteiger partial charge is 0.370 e. The van der Waals surface area contributed by atoms with Gasteiger partial charge in [0.25, 0.3) is 0 Å². The van der Waals surface area contributed by atoms with Crippen LogP contribution in [0.1, 0.15) is 90.9 Å². The molecule has 0 fully saturated rings. The maximum Gasteiger partial charge on any atom is 0.0833 e. The second kappa shape index (κ2) is 12.2. The van der Waals surface area contributed by atoms with Crippen molar-refractivity contribution < 1.29 is 4.74 Å². The van der Waals surface area contributed by atoms with Crippen molar-refractivity contribution in [2.75, 3.05) is 0 Å². The Morgan fingerprint density at radius 3 is 2.40 bits per heavy atom. The minimum Gasteiger partial charge on any atom is -0.370 e. The van der Waals surface area contributed by atoms with Gasteiger partial charge in [-0.25, -0.2) is 0 Å². The molecule has 0 saturated heterocycles. The maximum atomic E-state index is 6.16. The first kappa shape index (κ1) is 17.5. The Morgan fingerprint density at radius 2 is 1.70 bits per heavy atom. The lowest BCUT2D eigenvalue weighted by atomic mass is 10.0. The van der Waals surface area contributed by atoms with Crippen molar-refractivity contribution in [2.45, 2.75) is 103 Å². The van der Waals surface area contributed by atoms with E-state index in [-0.39, 0.29) is 0 Å². The highest BCUT2D eigenvalue weighted by Crippen LogP contribution is 2.18. The van der Waals surface area contributed by atoms with Crippen molar-refractivity contribution in [3.8, 4) is 0 Å². The first-order valence-electron chi connectivity index (χ1n) is 8.93. The van der Waals surface area contributed by atoms with Crippen LogP contribution in [0.5, 0.6) is 0 Å². The Morgan fingerprint density at radius 1 is 1.00 bits per heavy atom. The summed E-state index contributed by atoms with van der Waals surface area (Å²) in [5.41, 5.74) is 3.28. The highest BCUT2D eigenvalue weighted by atomic mass is 16.5. The second-order valence-electron chi connectivity index (χ2n) is 6.08. The molecule has 1 heterocycles. The molecule has 0 saturated carbocycles. The van der Waals surface area contributed by atoms with Crippen LogP contribution in [-0.4, -0.2) is 12.2 Å². The maximum absolute atomic E-state index is 6.16. The summed E-state index contributed by atoms with van der Waals surface area (Å²) < 4.78 is 6.16. The third kappa shape index (κ3) is 8.61. The van der Waals surface area contributed by atoms with Gasteiger partial charge in [-0.2, -0.15) is 0 Å². The molecule has 116 valence electrons. The minimum atomic E-state index is 0.302. The highest BCUT2D eigenvalue weighted by Gasteiger charge is 2.13. The van der Waals surface area contributed by atoms with E-state index < -0.39 is 0 Å². The van der Waals surface area contributed by atoms with E-state index >= 15 is 0 Å². The van der Waals surface area contributed by atoms with Crippen molar-refractivity contribution in [1.82, 2.24) is 0 Å². The Bertz CT molecular complexity index is 275. The van der Waals surface area contributed by atoms with E-state index in [1.165, 1.54) is 57.8 Å². The molecule has 0 amide bonds. The molecule has 1 aliphatic rings. The molecule has 0 aromatic carbocycles. The van der Waals surface area contributed by atoms with E-state index in [0.717, 1.165) is 19.3 Å². The van der Waals surface area contributed by atoms with Gasteiger partial charge in [-0.3, -0.25) is 0 Å². The molecule has 1 aliphatic heterocycles. The monoisotopic (exact) mass is 278 g/mol. The Kier molecular flexibility index (Phi) is 10.7. The third-order valence-electron chi connectivity index (χ3n) is 4.20. The molecular formula is C19H34O. The van der Waals surface area contributed by atoms with Crippen LogP contribution in [-0.2, 0) is 4.74 Å². The van der Waals surface area contributed by atoms with E-state index in [0.29, 0.717) is 12.2 Å². The molecule has 1 nitrogen and oxygen atoms in total. The van der Waals surface area contributed by atoms with E-state index in [1.54, 1.807) is 0 Å². The van der Waals surface area contributed by atoms with Crippen LogP contribution in [0, 0.1) is 0 Å². The summed E-state index contributed by atoms with van der Waals surface area (Å²) in [7, 11) is 0. The fraction of sp³-hybridized carbons (Fsp3) is 0.842. The lowest BCUT2D eigenvalue weighted by Gasteiger charge is -2.22. The van der Waals surface area contributed by atoms with E-state index in [1.807, 2.05) is 0 Å². The van der Waals surface area contributed by atoms with Crippen LogP contribution < -0.4 is 0 Å². The Labute approximate surface area is 126 Å². The van der Waals surface area contributed by atoms with Gasteiger partial charge in [0.1, 0.15) is 0 Å². The van der Waals surface area contributed by atoms with Crippen LogP contribution in [0.25, 0.3) is 0 Å². The fourth-order valence-corrected chi connectivity index (χ4v) is 2.81. The number of ether oxygens (including phenoxy) is 1. The van der Waals surface area contributed by atoms with Crippen LogP contribution in [0.4, 0.5) is 0 Å². The molecule has 0 aromatic rings. The lowest BCUT2D eigenvalue weighted by Crippen LogP contribution is -2.20. The normalized spacial score (nSPS) is 22.7. The third-order valence-corrected chi connectivity index (χ3v) is 4.20. The van der Waals surface area contributed by atoms with Gasteiger partial charge >= 0.3 is 0 Å². The van der Waals surface area contributed by atoms with Crippen molar-refractivity contribution >= 4 is 0 Å². The zero-order valence-electron chi connectivity index (χ0n) is 13.7. The molecule has 0 spiro atoms. The zero-order valence-corrected chi connectivity index (χ0v) is 13.7. The molecule has 1 heteroatoms. The summed E-state index contributed by atoms with van der Waals surface area (Å²) in [6.45, 7) is 4.51. The predicted molar refractivity (Wildman–Crippen MR) is 88.1 cm³/mol. The average Bonchev–Trinajstić information content (AvgIpc) is 2.43. The molecule has 0 aromatic heterocycles. The van der Waals surface area contributed by atoms with Gasteiger partial charge in [0, 0.05) is 0 Å². The van der Waals surface area contributed by atoms with Gasteiger partial charge in [-0.05, 0) is 37.8 Å². The van der Waals surface area contributed by atoms with Gasteiger partial charge in [-0.1, -0.05) is 65.2 Å². The SMILES string of the molecule is CCCCCCCCCCC1C=C=CCCC(CC)O1. The molecule has 0 bridgehead atoms. The van der Waals surface area contributed by atoms with Crippen LogP contribution in [0.3, 0.4) is 0 Å². The Balaban J connectivity index is 2.08. The van der Waals surface area contributed by atoms with Gasteiger partial charge in [0.2, 0.25) is 0 Å². The zero-order chi connectivity index (χ0) is 14.5. The fourth-order valence-electron chi connectivity index (χ4n) is 2.81. The highest BCUT2D eigenvalue weighted by molar-refractivity contribution is 4.93. The Hall–Kier alpha value is -0.520. The first-order valence-corrected chi connectivity index (χ1v) is 8.93. The summed E-state index contributed by atoms with van der Waals surface area (Å²) in [5, 5.41) is 0. The van der Waals surface area contributed by atoms with Gasteiger partial charge in [-0.15, -0.1) is 5.73 Å². The quantitative estimate of drug-likeness (QED) is 0.342. The lowest BCUT2D eigenvalue weighted by molar-refractivity contribution is 0.00143. The topological polar surface area (TPSA) is 9.23 Å². The smallest absolute Gasteiger partial charge is 0.0833 e. The molecule has 1 rings (SSSR count). The molecule has 0 N–H and O–H groups in total. The summed E-state index contributed by atoms with van der Waals surface area (Å²) in [6.07, 6.45) is 20.7. The van der Waals surface area contributed by atoms with Crippen molar-refractivity contribution in [1.29, 1.82) is 0 Å². The summed E-state index contributed by atoms with van der Waals surface area (Å²) in [4.78, 5) is 0. The van der Waals surface area contributed by atoms with Crippen molar-refractivity contribution in [2.24, 2.45) is 0 Å². The standard InChI is InChI=1S/C19H34O/c1-3-5-6-7-8-9-10-12-16-19-17-14-11-13-15-18(4-2)20-19/h11,17-19H,3-10,12-13,15-16H2,1-2H3. The van der Waals surface area contributed by atoms with Gasteiger partial charge < -0.3 is 4.74 Å². The van der Waals surface area contributed by atoms with Gasteiger partial charge in [0.15, 0.2) is 0 Å². The minimum absolute atomic E-state index is 0.302. The second-order valence-corrected chi connectivity index (χ2v) is 6.08.